The Hall–Kier alpha value is -2.86. The number of nitrogens with one attached hydrogen (secondary N) is 1. The predicted octanol–water partition coefficient (Wildman–Crippen LogP) is 3.29. The number of carbonyl (C=O) groups excluding carboxylic acids is 1. The first-order chi connectivity index (χ1) is 13.6. The summed E-state index contributed by atoms with van der Waals surface area (Å²) >= 11 is 0. The Kier molecular flexibility index (Phi) is 6.66. The number of methoxy groups -OCH3 is 2. The second-order valence-corrected chi connectivity index (χ2v) is 6.74. The molecule has 1 heterocycles. The van der Waals surface area contributed by atoms with Crippen LogP contribution in [0.25, 0.3) is 0 Å². The molecule has 2 aromatic rings. The first-order valence-electron chi connectivity index (χ1n) is 9.23. The van der Waals surface area contributed by atoms with Crippen LogP contribution in [0.5, 0.6) is 11.5 Å². The van der Waals surface area contributed by atoms with Crippen molar-refractivity contribution in [1.29, 1.82) is 0 Å². The molecule has 5 nitrogen and oxygen atoms in total. The van der Waals surface area contributed by atoms with E-state index in [-0.39, 0.29) is 11.7 Å². The van der Waals surface area contributed by atoms with Crippen molar-refractivity contribution >= 4 is 5.91 Å². The third kappa shape index (κ3) is 5.33. The summed E-state index contributed by atoms with van der Waals surface area (Å²) in [5, 5.41) is 2.96. The van der Waals surface area contributed by atoms with Gasteiger partial charge in [-0.3, -0.25) is 9.69 Å². The summed E-state index contributed by atoms with van der Waals surface area (Å²) in [7, 11) is 3.20. The molecule has 0 saturated heterocycles. The maximum Gasteiger partial charge on any atom is 0.247 e. The lowest BCUT2D eigenvalue weighted by molar-refractivity contribution is -0.117. The van der Waals surface area contributed by atoms with Crippen molar-refractivity contribution in [3.63, 3.8) is 0 Å². The smallest absolute Gasteiger partial charge is 0.247 e. The van der Waals surface area contributed by atoms with E-state index in [4.69, 9.17) is 9.47 Å². The number of hydrogen-bond acceptors (Lipinski definition) is 4. The van der Waals surface area contributed by atoms with Gasteiger partial charge in [-0.05, 0) is 41.8 Å². The molecule has 1 aliphatic heterocycles. The van der Waals surface area contributed by atoms with Gasteiger partial charge in [-0.15, -0.1) is 0 Å². The van der Waals surface area contributed by atoms with Gasteiger partial charge in [0.1, 0.15) is 17.3 Å². The Morgan fingerprint density at radius 1 is 1.07 bits per heavy atom. The van der Waals surface area contributed by atoms with E-state index in [1.807, 2.05) is 18.2 Å². The van der Waals surface area contributed by atoms with E-state index in [9.17, 15) is 9.18 Å². The van der Waals surface area contributed by atoms with Crippen molar-refractivity contribution in [3.8, 4) is 11.5 Å². The minimum Gasteiger partial charge on any atom is -0.497 e. The average Bonchev–Trinajstić information content (AvgIpc) is 2.74. The van der Waals surface area contributed by atoms with Crippen LogP contribution in [-0.4, -0.2) is 38.1 Å². The van der Waals surface area contributed by atoms with Crippen LogP contribution in [0.3, 0.4) is 0 Å². The van der Waals surface area contributed by atoms with E-state index >= 15 is 0 Å². The van der Waals surface area contributed by atoms with Crippen molar-refractivity contribution in [2.75, 3.05) is 27.3 Å². The van der Waals surface area contributed by atoms with Crippen LogP contribution in [0.1, 0.15) is 17.5 Å². The molecule has 0 saturated carbocycles. The highest BCUT2D eigenvalue weighted by Crippen LogP contribution is 2.22. The molecule has 6 heteroatoms. The Labute approximate surface area is 164 Å². The summed E-state index contributed by atoms with van der Waals surface area (Å²) in [4.78, 5) is 14.7. The maximum atomic E-state index is 13.0. The van der Waals surface area contributed by atoms with Crippen LogP contribution in [0.4, 0.5) is 4.39 Å². The first-order valence-corrected chi connectivity index (χ1v) is 9.23. The lowest BCUT2D eigenvalue weighted by atomic mass is 10.1. The lowest BCUT2D eigenvalue weighted by Crippen LogP contribution is -2.33. The van der Waals surface area contributed by atoms with Crippen LogP contribution < -0.4 is 14.8 Å². The molecule has 0 aliphatic carbocycles. The second kappa shape index (κ2) is 9.37. The van der Waals surface area contributed by atoms with Crippen LogP contribution >= 0.6 is 0 Å². The summed E-state index contributed by atoms with van der Waals surface area (Å²) in [6, 6.07) is 12.1. The molecule has 0 spiro atoms. The molecule has 148 valence electrons. The van der Waals surface area contributed by atoms with Gasteiger partial charge in [-0.1, -0.05) is 18.2 Å². The van der Waals surface area contributed by atoms with Crippen molar-refractivity contribution in [2.24, 2.45) is 0 Å². The topological polar surface area (TPSA) is 50.8 Å². The number of benzene rings is 2. The number of amides is 1. The summed E-state index contributed by atoms with van der Waals surface area (Å²) < 4.78 is 23.5. The summed E-state index contributed by atoms with van der Waals surface area (Å²) in [6.45, 7) is 2.65. The van der Waals surface area contributed by atoms with E-state index in [1.54, 1.807) is 32.4 Å². The zero-order valence-electron chi connectivity index (χ0n) is 16.2. The molecular formula is C22H25FN2O3. The normalized spacial score (nSPS) is 14.3. The third-order valence-corrected chi connectivity index (χ3v) is 4.77. The standard InChI is InChI=1S/C22H25FN2O3/c1-27-20-11-17(12-21(13-20)28-2)14-24-22(26)18-7-9-25(10-8-18)15-16-3-5-19(23)6-4-16/h3-7,11-13H,8-10,14-15H2,1-2H3,(H,24,26). The summed E-state index contributed by atoms with van der Waals surface area (Å²) in [6.07, 6.45) is 2.66. The van der Waals surface area contributed by atoms with Crippen LogP contribution in [-0.2, 0) is 17.9 Å². The maximum absolute atomic E-state index is 13.0. The number of hydrogen-bond donors (Lipinski definition) is 1. The van der Waals surface area contributed by atoms with E-state index < -0.39 is 0 Å². The molecular weight excluding hydrogens is 359 g/mol. The number of ether oxygens (including phenoxy) is 2. The molecule has 28 heavy (non-hydrogen) atoms. The van der Waals surface area contributed by atoms with E-state index in [1.165, 1.54) is 12.1 Å². The summed E-state index contributed by atoms with van der Waals surface area (Å²) in [5.74, 6) is 1.10. The van der Waals surface area contributed by atoms with Gasteiger partial charge in [0.25, 0.3) is 0 Å². The molecule has 1 aliphatic rings. The molecule has 0 aromatic heterocycles. The number of nitrogens with zero attached hydrogens (tertiary/aromatic N) is 1. The van der Waals surface area contributed by atoms with Gasteiger partial charge in [0.05, 0.1) is 14.2 Å². The van der Waals surface area contributed by atoms with Gasteiger partial charge in [-0.2, -0.15) is 0 Å². The average molecular weight is 384 g/mol. The van der Waals surface area contributed by atoms with Crippen LogP contribution in [0, 0.1) is 5.82 Å². The Morgan fingerprint density at radius 2 is 1.75 bits per heavy atom. The number of carbonyl (C=O) groups is 1. The third-order valence-electron chi connectivity index (χ3n) is 4.77. The molecule has 2 aromatic carbocycles. The molecule has 3 rings (SSSR count). The van der Waals surface area contributed by atoms with Crippen molar-refractivity contribution < 1.29 is 18.7 Å². The van der Waals surface area contributed by atoms with Gasteiger partial charge >= 0.3 is 0 Å². The highest BCUT2D eigenvalue weighted by atomic mass is 19.1. The molecule has 0 atom stereocenters. The lowest BCUT2D eigenvalue weighted by Gasteiger charge is -2.26. The van der Waals surface area contributed by atoms with E-state index in [0.29, 0.717) is 31.0 Å². The molecule has 0 unspecified atom stereocenters. The molecule has 0 fully saturated rings. The van der Waals surface area contributed by atoms with Gasteiger partial charge in [-0.25, -0.2) is 4.39 Å². The second-order valence-electron chi connectivity index (χ2n) is 6.74. The Bertz CT molecular complexity index is 827. The van der Waals surface area contributed by atoms with Gasteiger partial charge in [0.15, 0.2) is 0 Å². The fourth-order valence-electron chi connectivity index (χ4n) is 3.17. The van der Waals surface area contributed by atoms with Gasteiger partial charge < -0.3 is 14.8 Å². The van der Waals surface area contributed by atoms with Crippen molar-refractivity contribution in [3.05, 3.63) is 71.1 Å². The first kappa shape index (κ1) is 19.9. The highest BCUT2D eigenvalue weighted by Gasteiger charge is 2.17. The van der Waals surface area contributed by atoms with Crippen molar-refractivity contribution in [1.82, 2.24) is 10.2 Å². The SMILES string of the molecule is COc1cc(CNC(=O)C2=CCN(Cc3ccc(F)cc3)CC2)cc(OC)c1. The quantitative estimate of drug-likeness (QED) is 0.796. The molecule has 1 amide bonds. The van der Waals surface area contributed by atoms with Gasteiger partial charge in [0.2, 0.25) is 5.91 Å². The van der Waals surface area contributed by atoms with Crippen LogP contribution in [0.2, 0.25) is 0 Å². The largest absolute Gasteiger partial charge is 0.497 e. The minimum absolute atomic E-state index is 0.0526. The number of rotatable bonds is 7. The highest BCUT2D eigenvalue weighted by molar-refractivity contribution is 5.93. The Morgan fingerprint density at radius 3 is 2.32 bits per heavy atom. The molecule has 0 radical (unpaired) electrons. The van der Waals surface area contributed by atoms with Crippen LogP contribution in [0.15, 0.2) is 54.1 Å². The fourth-order valence-corrected chi connectivity index (χ4v) is 3.17. The number of halogens is 1. The minimum atomic E-state index is -0.227. The summed E-state index contributed by atoms with van der Waals surface area (Å²) in [5.41, 5.74) is 2.78. The zero-order valence-corrected chi connectivity index (χ0v) is 16.2. The van der Waals surface area contributed by atoms with E-state index in [0.717, 1.165) is 29.8 Å². The fraction of sp³-hybridized carbons (Fsp3) is 0.318. The zero-order chi connectivity index (χ0) is 19.9. The Balaban J connectivity index is 1.53. The monoisotopic (exact) mass is 384 g/mol. The molecule has 0 bridgehead atoms. The van der Waals surface area contributed by atoms with Crippen molar-refractivity contribution in [2.45, 2.75) is 19.5 Å². The molecule has 1 N–H and O–H groups in total. The van der Waals surface area contributed by atoms with Gasteiger partial charge in [0, 0.05) is 37.8 Å². The predicted molar refractivity (Wildman–Crippen MR) is 106 cm³/mol. The van der Waals surface area contributed by atoms with E-state index in [2.05, 4.69) is 10.2 Å².